The molecule has 0 unspecified atom stereocenters. The standard InChI is InChI=1S/C5H9BrO2/c1-4(7)5(2,8)3-6/h8H,3H2,1-2H3/t5-/m0/s1. The highest BCUT2D eigenvalue weighted by molar-refractivity contribution is 9.09. The Bertz CT molecular complexity index is 98.6. The van der Waals surface area contributed by atoms with Crippen molar-refractivity contribution in [1.82, 2.24) is 0 Å². The maximum Gasteiger partial charge on any atom is 0.161 e. The van der Waals surface area contributed by atoms with E-state index < -0.39 is 5.60 Å². The molecule has 0 amide bonds. The zero-order chi connectivity index (χ0) is 6.78. The first-order valence-corrected chi connectivity index (χ1v) is 3.42. The fourth-order valence-electron chi connectivity index (χ4n) is 0.0941. The Kier molecular flexibility index (Phi) is 2.63. The summed E-state index contributed by atoms with van der Waals surface area (Å²) in [6.07, 6.45) is 0. The number of aliphatic hydroxyl groups is 1. The Labute approximate surface area is 57.0 Å². The Morgan fingerprint density at radius 2 is 2.25 bits per heavy atom. The van der Waals surface area contributed by atoms with Gasteiger partial charge in [-0.3, -0.25) is 4.79 Å². The smallest absolute Gasteiger partial charge is 0.161 e. The van der Waals surface area contributed by atoms with Crippen LogP contribution in [-0.4, -0.2) is 21.8 Å². The van der Waals surface area contributed by atoms with E-state index in [1.54, 1.807) is 0 Å². The molecule has 0 fully saturated rings. The van der Waals surface area contributed by atoms with Crippen LogP contribution in [0.1, 0.15) is 13.8 Å². The summed E-state index contributed by atoms with van der Waals surface area (Å²) in [4.78, 5) is 10.4. The predicted octanol–water partition coefficient (Wildman–Crippen LogP) is 0.721. The van der Waals surface area contributed by atoms with Crippen molar-refractivity contribution in [3.05, 3.63) is 0 Å². The van der Waals surface area contributed by atoms with Gasteiger partial charge in [0, 0.05) is 5.33 Å². The maximum atomic E-state index is 10.4. The first-order chi connectivity index (χ1) is 3.50. The quantitative estimate of drug-likeness (QED) is 0.637. The number of rotatable bonds is 2. The molecular weight excluding hydrogens is 172 g/mol. The van der Waals surface area contributed by atoms with E-state index in [4.69, 9.17) is 5.11 Å². The zero-order valence-electron chi connectivity index (χ0n) is 4.94. The molecule has 0 aromatic heterocycles. The van der Waals surface area contributed by atoms with Crippen molar-refractivity contribution in [3.63, 3.8) is 0 Å². The highest BCUT2D eigenvalue weighted by Crippen LogP contribution is 2.07. The summed E-state index contributed by atoms with van der Waals surface area (Å²) in [5.41, 5.74) is -1.18. The van der Waals surface area contributed by atoms with Gasteiger partial charge in [-0.05, 0) is 13.8 Å². The lowest BCUT2D eigenvalue weighted by Gasteiger charge is -2.14. The highest BCUT2D eigenvalue weighted by Gasteiger charge is 2.23. The van der Waals surface area contributed by atoms with Crippen LogP contribution in [0.25, 0.3) is 0 Å². The van der Waals surface area contributed by atoms with Gasteiger partial charge in [0.05, 0.1) is 0 Å². The molecule has 3 heteroatoms. The molecule has 0 spiro atoms. The molecule has 0 radical (unpaired) electrons. The first kappa shape index (κ1) is 8.11. The predicted molar refractivity (Wildman–Crippen MR) is 35.1 cm³/mol. The largest absolute Gasteiger partial charge is 0.382 e. The summed E-state index contributed by atoms with van der Waals surface area (Å²) >= 11 is 3.00. The first-order valence-electron chi connectivity index (χ1n) is 2.30. The third kappa shape index (κ3) is 1.92. The molecule has 0 bridgehead atoms. The minimum absolute atomic E-state index is 0.214. The Balaban J connectivity index is 3.91. The summed E-state index contributed by atoms with van der Waals surface area (Å²) < 4.78 is 0. The van der Waals surface area contributed by atoms with Crippen molar-refractivity contribution in [1.29, 1.82) is 0 Å². The van der Waals surface area contributed by atoms with Crippen molar-refractivity contribution in [2.45, 2.75) is 19.4 Å². The molecule has 0 aliphatic carbocycles. The van der Waals surface area contributed by atoms with Crippen molar-refractivity contribution >= 4 is 21.7 Å². The molecule has 0 heterocycles. The third-order valence-electron chi connectivity index (χ3n) is 1.02. The van der Waals surface area contributed by atoms with E-state index in [-0.39, 0.29) is 5.78 Å². The van der Waals surface area contributed by atoms with Gasteiger partial charge in [0.1, 0.15) is 5.60 Å². The van der Waals surface area contributed by atoms with Crippen molar-refractivity contribution in [2.75, 3.05) is 5.33 Å². The van der Waals surface area contributed by atoms with Gasteiger partial charge in [-0.2, -0.15) is 0 Å². The molecule has 0 aromatic carbocycles. The van der Waals surface area contributed by atoms with Crippen molar-refractivity contribution in [2.24, 2.45) is 0 Å². The number of carbonyl (C=O) groups is 1. The van der Waals surface area contributed by atoms with E-state index in [0.717, 1.165) is 0 Å². The van der Waals surface area contributed by atoms with Gasteiger partial charge in [-0.15, -0.1) is 0 Å². The number of ketones is 1. The van der Waals surface area contributed by atoms with Gasteiger partial charge >= 0.3 is 0 Å². The fourth-order valence-corrected chi connectivity index (χ4v) is 0.489. The Morgan fingerprint density at radius 3 is 2.25 bits per heavy atom. The topological polar surface area (TPSA) is 37.3 Å². The van der Waals surface area contributed by atoms with Crippen LogP contribution in [0.2, 0.25) is 0 Å². The number of alkyl halides is 1. The van der Waals surface area contributed by atoms with E-state index >= 15 is 0 Å². The zero-order valence-corrected chi connectivity index (χ0v) is 6.53. The van der Waals surface area contributed by atoms with Crippen LogP contribution in [0.15, 0.2) is 0 Å². The van der Waals surface area contributed by atoms with Crippen LogP contribution in [0.4, 0.5) is 0 Å². The molecule has 0 aliphatic rings. The molecule has 8 heavy (non-hydrogen) atoms. The lowest BCUT2D eigenvalue weighted by Crippen LogP contribution is -2.34. The van der Waals surface area contributed by atoms with Crippen LogP contribution in [0.5, 0.6) is 0 Å². The second kappa shape index (κ2) is 2.60. The molecule has 0 rings (SSSR count). The lowest BCUT2D eigenvalue weighted by molar-refractivity contribution is -0.131. The molecular formula is C5H9BrO2. The molecule has 48 valence electrons. The van der Waals surface area contributed by atoms with Crippen LogP contribution >= 0.6 is 15.9 Å². The maximum absolute atomic E-state index is 10.4. The molecule has 1 N–H and O–H groups in total. The number of halogens is 1. The van der Waals surface area contributed by atoms with Gasteiger partial charge in [-0.25, -0.2) is 0 Å². The monoisotopic (exact) mass is 180 g/mol. The molecule has 1 atom stereocenters. The molecule has 0 aliphatic heterocycles. The van der Waals surface area contributed by atoms with Gasteiger partial charge < -0.3 is 5.11 Å². The minimum atomic E-state index is -1.18. The van der Waals surface area contributed by atoms with Crippen LogP contribution in [-0.2, 0) is 4.79 Å². The normalized spacial score (nSPS) is 17.5. The fraction of sp³-hybridized carbons (Fsp3) is 0.800. The van der Waals surface area contributed by atoms with Crippen molar-refractivity contribution < 1.29 is 9.90 Å². The van der Waals surface area contributed by atoms with Crippen LogP contribution in [0, 0.1) is 0 Å². The van der Waals surface area contributed by atoms with Gasteiger partial charge in [0.15, 0.2) is 5.78 Å². The Morgan fingerprint density at radius 1 is 1.88 bits per heavy atom. The van der Waals surface area contributed by atoms with E-state index in [1.165, 1.54) is 13.8 Å². The lowest BCUT2D eigenvalue weighted by atomic mass is 10.1. The van der Waals surface area contributed by atoms with Crippen molar-refractivity contribution in [3.8, 4) is 0 Å². The van der Waals surface area contributed by atoms with E-state index in [1.807, 2.05) is 0 Å². The van der Waals surface area contributed by atoms with E-state index in [9.17, 15) is 4.79 Å². The van der Waals surface area contributed by atoms with Gasteiger partial charge in [0.2, 0.25) is 0 Å². The minimum Gasteiger partial charge on any atom is -0.382 e. The summed E-state index contributed by atoms with van der Waals surface area (Å²) in [6, 6.07) is 0. The number of hydrogen-bond donors (Lipinski definition) is 1. The average molecular weight is 181 g/mol. The molecule has 0 saturated heterocycles. The molecule has 0 aromatic rings. The van der Waals surface area contributed by atoms with Crippen LogP contribution in [0.3, 0.4) is 0 Å². The summed E-state index contributed by atoms with van der Waals surface area (Å²) in [6.45, 7) is 2.84. The summed E-state index contributed by atoms with van der Waals surface area (Å²) in [5, 5.41) is 9.30. The van der Waals surface area contributed by atoms with E-state index in [0.29, 0.717) is 5.33 Å². The summed E-state index contributed by atoms with van der Waals surface area (Å²) in [5.74, 6) is -0.214. The number of carbonyl (C=O) groups excluding carboxylic acids is 1. The molecule has 0 saturated carbocycles. The van der Waals surface area contributed by atoms with E-state index in [2.05, 4.69) is 15.9 Å². The van der Waals surface area contributed by atoms with Crippen LogP contribution < -0.4 is 0 Å². The Hall–Kier alpha value is 0.110. The van der Waals surface area contributed by atoms with Gasteiger partial charge in [-0.1, -0.05) is 15.9 Å². The summed E-state index contributed by atoms with van der Waals surface area (Å²) in [7, 11) is 0. The number of Topliss-reactive ketones (excluding diaryl/α,β-unsaturated/α-hetero) is 1. The number of hydrogen-bond acceptors (Lipinski definition) is 2. The third-order valence-corrected chi connectivity index (χ3v) is 2.11. The highest BCUT2D eigenvalue weighted by atomic mass is 79.9. The SMILES string of the molecule is CC(=O)[C@@](C)(O)CBr. The second-order valence-electron chi connectivity index (χ2n) is 1.96. The van der Waals surface area contributed by atoms with Gasteiger partial charge in [0.25, 0.3) is 0 Å². The second-order valence-corrected chi connectivity index (χ2v) is 2.52. The average Bonchev–Trinajstić information content (AvgIpc) is 1.67. The molecule has 2 nitrogen and oxygen atoms in total.